The molecule has 0 fully saturated rings. The van der Waals surface area contributed by atoms with Gasteiger partial charge in [0.2, 0.25) is 0 Å². The SMILES string of the molecule is CSCC(C)(O)CNC(=O)Nc1ccc2c(c1)Cc1ccccc1-2. The number of aliphatic hydroxyl groups is 1. The van der Waals surface area contributed by atoms with E-state index in [2.05, 4.69) is 34.9 Å². The summed E-state index contributed by atoms with van der Waals surface area (Å²) in [5, 5.41) is 15.7. The zero-order valence-corrected chi connectivity index (χ0v) is 14.7. The Bertz CT molecular complexity index is 759. The molecule has 3 rings (SSSR count). The van der Waals surface area contributed by atoms with E-state index in [0.29, 0.717) is 5.75 Å². The molecule has 24 heavy (non-hydrogen) atoms. The number of amides is 2. The van der Waals surface area contributed by atoms with Gasteiger partial charge in [0.15, 0.2) is 0 Å². The molecule has 0 saturated heterocycles. The summed E-state index contributed by atoms with van der Waals surface area (Å²) in [6.07, 6.45) is 2.82. The first-order valence-electron chi connectivity index (χ1n) is 7.96. The Balaban J connectivity index is 1.63. The third kappa shape index (κ3) is 3.74. The summed E-state index contributed by atoms with van der Waals surface area (Å²) >= 11 is 1.55. The van der Waals surface area contributed by atoms with E-state index in [1.54, 1.807) is 18.7 Å². The van der Waals surface area contributed by atoms with E-state index in [1.807, 2.05) is 24.5 Å². The van der Waals surface area contributed by atoms with Gasteiger partial charge in [-0.1, -0.05) is 30.3 Å². The van der Waals surface area contributed by atoms with Crippen LogP contribution in [0.1, 0.15) is 18.1 Å². The summed E-state index contributed by atoms with van der Waals surface area (Å²) in [5.41, 5.74) is 4.92. The maximum Gasteiger partial charge on any atom is 0.319 e. The molecule has 0 aliphatic heterocycles. The zero-order chi connectivity index (χ0) is 17.2. The summed E-state index contributed by atoms with van der Waals surface area (Å²) in [6, 6.07) is 14.1. The van der Waals surface area contributed by atoms with Gasteiger partial charge in [-0.3, -0.25) is 0 Å². The topological polar surface area (TPSA) is 61.4 Å². The third-order valence-electron chi connectivity index (χ3n) is 4.14. The lowest BCUT2D eigenvalue weighted by molar-refractivity contribution is 0.0876. The first-order valence-corrected chi connectivity index (χ1v) is 9.35. The van der Waals surface area contributed by atoms with Gasteiger partial charge in [0, 0.05) is 18.0 Å². The van der Waals surface area contributed by atoms with Crippen LogP contribution in [0.25, 0.3) is 11.1 Å². The number of rotatable bonds is 5. The number of carbonyl (C=O) groups is 1. The molecule has 1 aliphatic rings. The van der Waals surface area contributed by atoms with Crippen LogP contribution in [0.2, 0.25) is 0 Å². The van der Waals surface area contributed by atoms with E-state index in [1.165, 1.54) is 22.3 Å². The molecule has 126 valence electrons. The Morgan fingerprint density at radius 3 is 2.75 bits per heavy atom. The van der Waals surface area contributed by atoms with Crippen molar-refractivity contribution in [2.24, 2.45) is 0 Å². The minimum atomic E-state index is -0.906. The molecule has 0 bridgehead atoms. The number of hydrogen-bond acceptors (Lipinski definition) is 3. The normalized spacial score (nSPS) is 14.5. The van der Waals surface area contributed by atoms with E-state index in [0.717, 1.165) is 12.1 Å². The van der Waals surface area contributed by atoms with Crippen LogP contribution in [0.15, 0.2) is 42.5 Å². The van der Waals surface area contributed by atoms with Gasteiger partial charge < -0.3 is 15.7 Å². The van der Waals surface area contributed by atoms with Crippen molar-refractivity contribution < 1.29 is 9.90 Å². The lowest BCUT2D eigenvalue weighted by Crippen LogP contribution is -2.43. The van der Waals surface area contributed by atoms with Crippen molar-refractivity contribution in [3.05, 3.63) is 53.6 Å². The molecule has 1 unspecified atom stereocenters. The van der Waals surface area contributed by atoms with Gasteiger partial charge in [0.1, 0.15) is 0 Å². The van der Waals surface area contributed by atoms with Crippen LogP contribution in [0, 0.1) is 0 Å². The molecule has 0 radical (unpaired) electrons. The molecular formula is C19H22N2O2S. The third-order valence-corrected chi connectivity index (χ3v) is 5.05. The molecule has 2 aromatic carbocycles. The van der Waals surface area contributed by atoms with Gasteiger partial charge in [0.05, 0.1) is 5.60 Å². The average Bonchev–Trinajstić information content (AvgIpc) is 2.91. The Morgan fingerprint density at radius 2 is 1.96 bits per heavy atom. The number of anilines is 1. The van der Waals surface area contributed by atoms with Crippen molar-refractivity contribution >= 4 is 23.5 Å². The fourth-order valence-corrected chi connectivity index (χ4v) is 3.75. The van der Waals surface area contributed by atoms with E-state index in [4.69, 9.17) is 0 Å². The molecule has 0 saturated carbocycles. The smallest absolute Gasteiger partial charge is 0.319 e. The van der Waals surface area contributed by atoms with Crippen molar-refractivity contribution in [1.82, 2.24) is 5.32 Å². The van der Waals surface area contributed by atoms with Crippen molar-refractivity contribution in [3.63, 3.8) is 0 Å². The van der Waals surface area contributed by atoms with Crippen LogP contribution < -0.4 is 10.6 Å². The largest absolute Gasteiger partial charge is 0.387 e. The maximum atomic E-state index is 12.0. The molecule has 3 N–H and O–H groups in total. The summed E-state index contributed by atoms with van der Waals surface area (Å²) < 4.78 is 0. The second-order valence-electron chi connectivity index (χ2n) is 6.44. The highest BCUT2D eigenvalue weighted by molar-refractivity contribution is 7.98. The highest BCUT2D eigenvalue weighted by Crippen LogP contribution is 2.37. The van der Waals surface area contributed by atoms with Gasteiger partial charge in [-0.25, -0.2) is 4.79 Å². The molecule has 5 heteroatoms. The Kier molecular flexibility index (Phi) is 4.83. The van der Waals surface area contributed by atoms with Gasteiger partial charge in [-0.2, -0.15) is 11.8 Å². The number of carbonyl (C=O) groups excluding carboxylic acids is 1. The van der Waals surface area contributed by atoms with Gasteiger partial charge in [0.25, 0.3) is 0 Å². The molecular weight excluding hydrogens is 320 g/mol. The molecule has 4 nitrogen and oxygen atoms in total. The number of nitrogens with one attached hydrogen (secondary N) is 2. The lowest BCUT2D eigenvalue weighted by Gasteiger charge is -2.22. The molecule has 0 heterocycles. The van der Waals surface area contributed by atoms with Crippen molar-refractivity contribution in [2.45, 2.75) is 18.9 Å². The fourth-order valence-electron chi connectivity index (χ4n) is 3.03. The maximum absolute atomic E-state index is 12.0. The van der Waals surface area contributed by atoms with E-state index in [-0.39, 0.29) is 12.6 Å². The van der Waals surface area contributed by atoms with Crippen LogP contribution in [-0.4, -0.2) is 35.3 Å². The summed E-state index contributed by atoms with van der Waals surface area (Å²) in [7, 11) is 0. The van der Waals surface area contributed by atoms with Gasteiger partial charge in [-0.15, -0.1) is 0 Å². The second-order valence-corrected chi connectivity index (χ2v) is 7.31. The first kappa shape index (κ1) is 16.9. The molecule has 0 aromatic heterocycles. The second kappa shape index (κ2) is 6.87. The summed E-state index contributed by atoms with van der Waals surface area (Å²) in [6.45, 7) is 1.94. The molecule has 0 spiro atoms. The Hall–Kier alpha value is -1.98. The van der Waals surface area contributed by atoms with Crippen molar-refractivity contribution in [3.8, 4) is 11.1 Å². The fraction of sp³-hybridized carbons (Fsp3) is 0.316. The van der Waals surface area contributed by atoms with Gasteiger partial charge in [-0.05, 0) is 54.0 Å². The Labute approximate surface area is 146 Å². The summed E-state index contributed by atoms with van der Waals surface area (Å²) in [4.78, 5) is 12.0. The number of fused-ring (bicyclic) bond motifs is 3. The van der Waals surface area contributed by atoms with E-state index < -0.39 is 5.60 Å². The minimum Gasteiger partial charge on any atom is -0.387 e. The monoisotopic (exact) mass is 342 g/mol. The highest BCUT2D eigenvalue weighted by atomic mass is 32.2. The van der Waals surface area contributed by atoms with Crippen LogP contribution in [0.5, 0.6) is 0 Å². The number of hydrogen-bond donors (Lipinski definition) is 3. The highest BCUT2D eigenvalue weighted by Gasteiger charge is 2.21. The number of thioether (sulfide) groups is 1. The molecule has 1 aliphatic carbocycles. The molecule has 2 aromatic rings. The minimum absolute atomic E-state index is 0.218. The van der Waals surface area contributed by atoms with Crippen LogP contribution in [0.4, 0.5) is 10.5 Å². The number of urea groups is 1. The van der Waals surface area contributed by atoms with Crippen molar-refractivity contribution in [2.75, 3.05) is 23.9 Å². The molecule has 1 atom stereocenters. The Morgan fingerprint density at radius 1 is 1.21 bits per heavy atom. The van der Waals surface area contributed by atoms with Crippen molar-refractivity contribution in [1.29, 1.82) is 0 Å². The van der Waals surface area contributed by atoms with E-state index >= 15 is 0 Å². The molecule has 2 amide bonds. The first-order chi connectivity index (χ1) is 11.5. The van der Waals surface area contributed by atoms with Gasteiger partial charge >= 0.3 is 6.03 Å². The average molecular weight is 342 g/mol. The quantitative estimate of drug-likeness (QED) is 0.665. The van der Waals surface area contributed by atoms with E-state index in [9.17, 15) is 9.90 Å². The standard InChI is InChI=1S/C19H22N2O2S/c1-19(23,12-24-2)11-20-18(22)21-15-7-8-17-14(10-15)9-13-5-3-4-6-16(13)17/h3-8,10,23H,9,11-12H2,1-2H3,(H2,20,21,22). The predicted molar refractivity (Wildman–Crippen MR) is 101 cm³/mol. The van der Waals surface area contributed by atoms with Crippen LogP contribution >= 0.6 is 11.8 Å². The summed E-state index contributed by atoms with van der Waals surface area (Å²) in [5.74, 6) is 0.574. The predicted octanol–water partition coefficient (Wildman–Crippen LogP) is 3.49. The van der Waals surface area contributed by atoms with Crippen LogP contribution in [-0.2, 0) is 6.42 Å². The number of benzene rings is 2. The van der Waals surface area contributed by atoms with Crippen LogP contribution in [0.3, 0.4) is 0 Å². The lowest BCUT2D eigenvalue weighted by atomic mass is 10.1. The zero-order valence-electron chi connectivity index (χ0n) is 13.9.